The van der Waals surface area contributed by atoms with Crippen LogP contribution in [0.25, 0.3) is 0 Å². The number of hydrogen-bond acceptors (Lipinski definition) is 2. The molecule has 0 spiro atoms. The molecule has 0 heterocycles. The standard InChI is InChI=1S/C9H10N3OSe.BrH/c10-9(14)11-6-8(13)12-7-4-2-1-3-5-7;/h1-5H,6H2,(H2,10,11)(H,12,13);1H. The molecule has 0 saturated carbocycles. The number of nitrogens with one attached hydrogen (secondary N) is 1. The van der Waals surface area contributed by atoms with Crippen molar-refractivity contribution < 1.29 is 4.79 Å². The first-order chi connectivity index (χ1) is 6.68. The van der Waals surface area contributed by atoms with E-state index >= 15 is 0 Å². The van der Waals surface area contributed by atoms with Gasteiger partial charge in [0.05, 0.1) is 0 Å². The van der Waals surface area contributed by atoms with Crippen LogP contribution in [-0.2, 0) is 4.79 Å². The van der Waals surface area contributed by atoms with Gasteiger partial charge < -0.3 is 0 Å². The zero-order valence-corrected chi connectivity index (χ0v) is 11.3. The average Bonchev–Trinajstić information content (AvgIpc) is 2.16. The van der Waals surface area contributed by atoms with Gasteiger partial charge in [0.1, 0.15) is 0 Å². The van der Waals surface area contributed by atoms with Crippen molar-refractivity contribution in [2.75, 3.05) is 11.9 Å². The second-order valence-corrected chi connectivity index (χ2v) is 3.45. The molecular weight excluding hydrogens is 325 g/mol. The molecule has 0 unspecified atom stereocenters. The normalized spacial score (nSPS) is 10.3. The van der Waals surface area contributed by atoms with E-state index < -0.39 is 0 Å². The summed E-state index contributed by atoms with van der Waals surface area (Å²) in [5, 5.41) is 2.68. The molecule has 3 N–H and O–H groups in total. The fraction of sp³-hybridized carbons (Fsp3) is 0.111. The van der Waals surface area contributed by atoms with Crippen molar-refractivity contribution >= 4 is 49.3 Å². The Morgan fingerprint density at radius 3 is 2.53 bits per heavy atom. The summed E-state index contributed by atoms with van der Waals surface area (Å²) in [5.41, 5.74) is 6.00. The molecule has 81 valence electrons. The molecule has 1 amide bonds. The zero-order valence-electron chi connectivity index (χ0n) is 7.84. The number of benzene rings is 1. The maximum atomic E-state index is 11.2. The molecule has 0 aliphatic rings. The monoisotopic (exact) mass is 336 g/mol. The van der Waals surface area contributed by atoms with E-state index in [0.717, 1.165) is 5.69 Å². The first-order valence-corrected chi connectivity index (χ1v) is 4.86. The molecule has 0 bridgehead atoms. The molecule has 0 fully saturated rings. The van der Waals surface area contributed by atoms with Crippen LogP contribution < -0.4 is 11.1 Å². The molecule has 0 aliphatic carbocycles. The van der Waals surface area contributed by atoms with E-state index in [2.05, 4.69) is 26.3 Å². The Morgan fingerprint density at radius 1 is 1.40 bits per heavy atom. The number of nitrogens with zero attached hydrogens (tertiary/aromatic N) is 1. The number of anilines is 1. The first-order valence-electron chi connectivity index (χ1n) is 4.00. The van der Waals surface area contributed by atoms with Gasteiger partial charge in [0, 0.05) is 0 Å². The van der Waals surface area contributed by atoms with Gasteiger partial charge in [0.25, 0.3) is 0 Å². The predicted molar refractivity (Wildman–Crippen MR) is 67.6 cm³/mol. The quantitative estimate of drug-likeness (QED) is 0.484. The Kier molecular flexibility index (Phi) is 7.03. The van der Waals surface area contributed by atoms with E-state index in [1.807, 2.05) is 30.3 Å². The van der Waals surface area contributed by atoms with Crippen molar-refractivity contribution in [1.82, 2.24) is 0 Å². The van der Waals surface area contributed by atoms with Gasteiger partial charge in [-0.25, -0.2) is 0 Å². The van der Waals surface area contributed by atoms with Crippen LogP contribution in [0.3, 0.4) is 0 Å². The van der Waals surface area contributed by atoms with Crippen LogP contribution in [0.2, 0.25) is 0 Å². The molecule has 0 aliphatic heterocycles. The Morgan fingerprint density at radius 2 is 2.00 bits per heavy atom. The van der Waals surface area contributed by atoms with Crippen LogP contribution in [0.5, 0.6) is 0 Å². The Bertz CT molecular complexity index is 338. The number of amidine groups is 1. The summed E-state index contributed by atoms with van der Waals surface area (Å²) in [6.45, 7) is 0.0354. The zero-order chi connectivity index (χ0) is 10.4. The fourth-order valence-corrected chi connectivity index (χ4v) is 1.01. The topological polar surface area (TPSA) is 67.5 Å². The fourth-order valence-electron chi connectivity index (χ4n) is 0.872. The van der Waals surface area contributed by atoms with Gasteiger partial charge in [-0.1, -0.05) is 0 Å². The Labute approximate surface area is 107 Å². The molecule has 6 heteroatoms. The third-order valence-electron chi connectivity index (χ3n) is 1.44. The summed E-state index contributed by atoms with van der Waals surface area (Å²) in [6, 6.07) is 9.20. The number of para-hydroxylation sites is 1. The summed E-state index contributed by atoms with van der Waals surface area (Å²) >= 11 is 2.51. The number of aliphatic imine (C=N–C) groups is 1. The SMILES string of the molecule is Br.NC([Se])=NCC(=O)Nc1ccccc1. The van der Waals surface area contributed by atoms with Gasteiger partial charge in [-0.15, -0.1) is 17.0 Å². The van der Waals surface area contributed by atoms with E-state index in [-0.39, 0.29) is 34.2 Å². The third kappa shape index (κ3) is 6.28. The summed E-state index contributed by atoms with van der Waals surface area (Å²) in [7, 11) is 0. The van der Waals surface area contributed by atoms with Gasteiger partial charge in [-0.2, -0.15) is 0 Å². The van der Waals surface area contributed by atoms with E-state index in [1.165, 1.54) is 0 Å². The van der Waals surface area contributed by atoms with Crippen LogP contribution >= 0.6 is 17.0 Å². The maximum absolute atomic E-state index is 11.2. The second kappa shape index (κ2) is 7.45. The molecule has 1 rings (SSSR count). The van der Waals surface area contributed by atoms with Crippen LogP contribution in [0, 0.1) is 0 Å². The van der Waals surface area contributed by atoms with Gasteiger partial charge in [0.15, 0.2) is 0 Å². The van der Waals surface area contributed by atoms with E-state index in [0.29, 0.717) is 0 Å². The minimum absolute atomic E-state index is 0. The van der Waals surface area contributed by atoms with Crippen LogP contribution in [0.15, 0.2) is 35.3 Å². The number of halogens is 1. The van der Waals surface area contributed by atoms with Crippen molar-refractivity contribution in [3.05, 3.63) is 30.3 Å². The van der Waals surface area contributed by atoms with Crippen LogP contribution in [0.4, 0.5) is 5.69 Å². The van der Waals surface area contributed by atoms with Gasteiger partial charge in [0.2, 0.25) is 0 Å². The van der Waals surface area contributed by atoms with Crippen molar-refractivity contribution in [3.8, 4) is 0 Å². The molecule has 4 nitrogen and oxygen atoms in total. The van der Waals surface area contributed by atoms with Crippen molar-refractivity contribution in [2.24, 2.45) is 10.7 Å². The summed E-state index contributed by atoms with van der Waals surface area (Å²) in [4.78, 5) is 15.0. The third-order valence-corrected chi connectivity index (χ3v) is 1.71. The number of rotatable bonds is 3. The van der Waals surface area contributed by atoms with E-state index in [1.54, 1.807) is 0 Å². The minimum atomic E-state index is -0.186. The van der Waals surface area contributed by atoms with Gasteiger partial charge >= 0.3 is 90.1 Å². The van der Waals surface area contributed by atoms with E-state index in [9.17, 15) is 4.79 Å². The molecule has 15 heavy (non-hydrogen) atoms. The first kappa shape index (κ1) is 14.2. The van der Waals surface area contributed by atoms with Gasteiger partial charge in [-0.05, 0) is 0 Å². The summed E-state index contributed by atoms with van der Waals surface area (Å²) in [5.74, 6) is -0.186. The molecule has 0 atom stereocenters. The number of nitrogens with two attached hydrogens (primary N) is 1. The van der Waals surface area contributed by atoms with Crippen molar-refractivity contribution in [1.29, 1.82) is 0 Å². The Balaban J connectivity index is 0.00000196. The van der Waals surface area contributed by atoms with Gasteiger partial charge in [-0.3, -0.25) is 0 Å². The van der Waals surface area contributed by atoms with Crippen molar-refractivity contribution in [2.45, 2.75) is 0 Å². The summed E-state index contributed by atoms with van der Waals surface area (Å²) in [6.07, 6.45) is 0. The van der Waals surface area contributed by atoms with Crippen LogP contribution in [-0.4, -0.2) is 33.2 Å². The van der Waals surface area contributed by atoms with Crippen molar-refractivity contribution in [3.63, 3.8) is 0 Å². The number of amides is 1. The predicted octanol–water partition coefficient (Wildman–Crippen LogP) is 0.686. The molecule has 0 saturated heterocycles. The number of hydrogen-bond donors (Lipinski definition) is 2. The Hall–Kier alpha value is -0.841. The number of carbonyl (C=O) groups excluding carboxylic acids is 1. The van der Waals surface area contributed by atoms with Crippen LogP contribution in [0.1, 0.15) is 0 Å². The number of carbonyl (C=O) groups is 1. The summed E-state index contributed by atoms with van der Waals surface area (Å²) < 4.78 is 0.285. The molecule has 1 radical (unpaired) electrons. The van der Waals surface area contributed by atoms with E-state index in [4.69, 9.17) is 5.73 Å². The molecule has 0 aromatic heterocycles. The second-order valence-electron chi connectivity index (χ2n) is 2.57. The average molecular weight is 336 g/mol. The molecular formula is C9H11BrN3OSe. The molecule has 1 aromatic rings. The molecule has 1 aromatic carbocycles.